The van der Waals surface area contributed by atoms with Gasteiger partial charge in [-0.3, -0.25) is 18.7 Å². The van der Waals surface area contributed by atoms with Gasteiger partial charge in [0.2, 0.25) is 10.0 Å². The first-order valence-corrected chi connectivity index (χ1v) is 11.5. The van der Waals surface area contributed by atoms with E-state index < -0.39 is 32.3 Å². The predicted octanol–water partition coefficient (Wildman–Crippen LogP) is 0.455. The molecule has 0 saturated heterocycles. The van der Waals surface area contributed by atoms with Crippen LogP contribution in [-0.2, 0) is 24.1 Å². The van der Waals surface area contributed by atoms with Crippen LogP contribution in [0.4, 0.5) is 5.82 Å². The Balaban J connectivity index is 2.30. The van der Waals surface area contributed by atoms with E-state index in [1.54, 1.807) is 20.8 Å². The van der Waals surface area contributed by atoms with Gasteiger partial charge in [-0.2, -0.15) is 4.31 Å². The van der Waals surface area contributed by atoms with Gasteiger partial charge in [-0.05, 0) is 19.1 Å². The largest absolute Gasteiger partial charge is 0.384 e. The van der Waals surface area contributed by atoms with E-state index in [1.807, 2.05) is 0 Å². The molecule has 2 N–H and O–H groups in total. The lowest BCUT2D eigenvalue weighted by Gasteiger charge is -2.18. The second-order valence-electron chi connectivity index (χ2n) is 6.51. The number of nitrogens with two attached hydrogens (primary N) is 1. The van der Waals surface area contributed by atoms with Gasteiger partial charge >= 0.3 is 5.69 Å². The van der Waals surface area contributed by atoms with Crippen molar-refractivity contribution in [2.75, 3.05) is 18.8 Å². The smallest absolute Gasteiger partial charge is 0.332 e. The molecule has 0 spiro atoms. The maximum Gasteiger partial charge on any atom is 0.332 e. The zero-order valence-electron chi connectivity index (χ0n) is 17.4. The van der Waals surface area contributed by atoms with Gasteiger partial charge in [0.05, 0.1) is 10.3 Å². The first-order chi connectivity index (χ1) is 14.0. The molecule has 10 nitrogen and oxygen atoms in total. The number of hydrogen-bond donors (Lipinski definition) is 1. The normalized spacial score (nSPS) is 12.9. The van der Waals surface area contributed by atoms with Crippen LogP contribution in [0.1, 0.15) is 31.1 Å². The lowest BCUT2D eigenvalue weighted by molar-refractivity contribution is 0.0992. The molecule has 0 unspecified atom stereocenters. The molecular formula is C18H25N5O5S2. The minimum atomic E-state index is -3.63. The van der Waals surface area contributed by atoms with E-state index >= 15 is 0 Å². The molecule has 0 fully saturated rings. The topological polar surface area (TPSA) is 137 Å². The van der Waals surface area contributed by atoms with Crippen LogP contribution in [-0.4, -0.2) is 51.0 Å². The molecule has 30 heavy (non-hydrogen) atoms. The maximum atomic E-state index is 12.8. The fourth-order valence-corrected chi connectivity index (χ4v) is 5.08. The zero-order chi connectivity index (χ0) is 22.8. The first kappa shape index (κ1) is 23.8. The van der Waals surface area contributed by atoms with Gasteiger partial charge in [0, 0.05) is 33.4 Å². The molecule has 0 bridgehead atoms. The van der Waals surface area contributed by atoms with E-state index in [2.05, 4.69) is 4.98 Å². The van der Waals surface area contributed by atoms with Gasteiger partial charge in [0.1, 0.15) is 16.3 Å². The summed E-state index contributed by atoms with van der Waals surface area (Å²) in [6.45, 7) is 5.77. The highest BCUT2D eigenvalue weighted by atomic mass is 32.2. The van der Waals surface area contributed by atoms with Crippen molar-refractivity contribution in [1.29, 1.82) is 0 Å². The lowest BCUT2D eigenvalue weighted by atomic mass is 10.1. The molecule has 0 aliphatic heterocycles. The fourth-order valence-electron chi connectivity index (χ4n) is 2.83. The number of carbonyl (C=O) groups is 1. The molecule has 2 aromatic heterocycles. The molecule has 164 valence electrons. The zero-order valence-corrected chi connectivity index (χ0v) is 19.1. The van der Waals surface area contributed by atoms with Crippen molar-refractivity contribution in [2.45, 2.75) is 35.9 Å². The quantitative estimate of drug-likeness (QED) is 0.447. The summed E-state index contributed by atoms with van der Waals surface area (Å²) in [6, 6.07) is 2.94. The van der Waals surface area contributed by atoms with Crippen molar-refractivity contribution in [2.24, 2.45) is 14.1 Å². The molecule has 0 aromatic carbocycles. The Morgan fingerprint density at radius 2 is 1.80 bits per heavy atom. The van der Waals surface area contributed by atoms with E-state index in [0.29, 0.717) is 18.1 Å². The van der Waals surface area contributed by atoms with Crippen LogP contribution in [0.25, 0.3) is 0 Å². The molecule has 12 heteroatoms. The second-order valence-corrected chi connectivity index (χ2v) is 9.81. The molecule has 0 amide bonds. The average Bonchev–Trinajstić information content (AvgIpc) is 2.72. The number of Topliss-reactive ketones (excluding diaryl/α,β-unsaturated/α-hetero) is 1. The van der Waals surface area contributed by atoms with Crippen LogP contribution in [0.15, 0.2) is 37.8 Å². The van der Waals surface area contributed by atoms with Gasteiger partial charge in [-0.25, -0.2) is 18.2 Å². The average molecular weight is 456 g/mol. The van der Waals surface area contributed by atoms with E-state index in [1.165, 1.54) is 36.7 Å². The number of thioether (sulfide) groups is 1. The van der Waals surface area contributed by atoms with Crippen molar-refractivity contribution in [3.05, 3.63) is 44.7 Å². The number of carbonyl (C=O) groups excluding carboxylic acids is 1. The monoisotopic (exact) mass is 455 g/mol. The van der Waals surface area contributed by atoms with Crippen molar-refractivity contribution >= 4 is 33.4 Å². The third kappa shape index (κ3) is 4.35. The van der Waals surface area contributed by atoms with Crippen LogP contribution < -0.4 is 17.0 Å². The summed E-state index contributed by atoms with van der Waals surface area (Å²) in [4.78, 5) is 41.3. The van der Waals surface area contributed by atoms with Gasteiger partial charge in [-0.1, -0.05) is 25.6 Å². The van der Waals surface area contributed by atoms with Crippen LogP contribution in [0.5, 0.6) is 0 Å². The van der Waals surface area contributed by atoms with Crippen molar-refractivity contribution in [1.82, 2.24) is 18.4 Å². The maximum absolute atomic E-state index is 12.8. The lowest BCUT2D eigenvalue weighted by Crippen LogP contribution is -2.42. The minimum absolute atomic E-state index is 0.0608. The Morgan fingerprint density at radius 3 is 2.30 bits per heavy atom. The summed E-state index contributed by atoms with van der Waals surface area (Å²) in [5, 5.41) is -0.329. The van der Waals surface area contributed by atoms with E-state index in [9.17, 15) is 22.8 Å². The molecule has 2 aromatic rings. The predicted molar refractivity (Wildman–Crippen MR) is 115 cm³/mol. The standard InChI is InChI=1S/C18H25N5O5S2/c1-6-23(7-2)30(27,28)12-8-9-13(20-10-12)29-11(3)15(24)14-16(19)21(4)18(26)22(5)17(14)25/h8-11H,6-7,19H2,1-5H3/t11-/m0/s1. The Hall–Kier alpha value is -2.44. The van der Waals surface area contributed by atoms with E-state index in [4.69, 9.17) is 5.73 Å². The molecule has 0 saturated carbocycles. The van der Waals surface area contributed by atoms with Gasteiger partial charge in [-0.15, -0.1) is 0 Å². The van der Waals surface area contributed by atoms with Crippen molar-refractivity contribution in [3.8, 4) is 0 Å². The number of nitrogen functional groups attached to an aromatic ring is 1. The number of aromatic nitrogens is 3. The summed E-state index contributed by atoms with van der Waals surface area (Å²) in [5.41, 5.74) is 4.19. The van der Waals surface area contributed by atoms with Crippen molar-refractivity contribution in [3.63, 3.8) is 0 Å². The number of ketones is 1. The summed E-state index contributed by atoms with van der Waals surface area (Å²) in [7, 11) is -0.979. The van der Waals surface area contributed by atoms with E-state index in [0.717, 1.165) is 20.9 Å². The number of nitrogens with zero attached hydrogens (tertiary/aromatic N) is 4. The highest BCUT2D eigenvalue weighted by molar-refractivity contribution is 8.00. The highest BCUT2D eigenvalue weighted by Crippen LogP contribution is 2.25. The minimum Gasteiger partial charge on any atom is -0.384 e. The van der Waals surface area contributed by atoms with Crippen LogP contribution in [0, 0.1) is 0 Å². The Kier molecular flexibility index (Phi) is 7.27. The van der Waals surface area contributed by atoms with Gasteiger partial charge < -0.3 is 5.73 Å². The molecule has 2 rings (SSSR count). The van der Waals surface area contributed by atoms with Crippen LogP contribution in [0.2, 0.25) is 0 Å². The van der Waals surface area contributed by atoms with Crippen molar-refractivity contribution < 1.29 is 13.2 Å². The summed E-state index contributed by atoms with van der Waals surface area (Å²) in [6.07, 6.45) is 1.24. The molecule has 0 aliphatic carbocycles. The SMILES string of the molecule is CCN(CC)S(=O)(=O)c1ccc(S[C@@H](C)C(=O)c2c(N)n(C)c(=O)n(C)c2=O)nc1. The summed E-state index contributed by atoms with van der Waals surface area (Å²) >= 11 is 1.06. The molecule has 0 aliphatic rings. The van der Waals surface area contributed by atoms with Crippen LogP contribution >= 0.6 is 11.8 Å². The third-order valence-electron chi connectivity index (χ3n) is 4.68. The number of hydrogen-bond acceptors (Lipinski definition) is 8. The summed E-state index contributed by atoms with van der Waals surface area (Å²) < 4.78 is 28.3. The van der Waals surface area contributed by atoms with E-state index in [-0.39, 0.29) is 16.3 Å². The molecule has 1 atom stereocenters. The fraction of sp³-hybridized carbons (Fsp3) is 0.444. The highest BCUT2D eigenvalue weighted by Gasteiger charge is 2.26. The Labute approximate surface area is 178 Å². The molecule has 0 radical (unpaired) electrons. The third-order valence-corrected chi connectivity index (χ3v) is 7.76. The van der Waals surface area contributed by atoms with Gasteiger partial charge in [0.15, 0.2) is 5.78 Å². The van der Waals surface area contributed by atoms with Gasteiger partial charge in [0.25, 0.3) is 5.56 Å². The Morgan fingerprint density at radius 1 is 1.20 bits per heavy atom. The number of sulfonamides is 1. The van der Waals surface area contributed by atoms with Crippen LogP contribution in [0.3, 0.4) is 0 Å². The number of pyridine rings is 1. The Bertz CT molecular complexity index is 1170. The molecule has 2 heterocycles. The first-order valence-electron chi connectivity index (χ1n) is 9.19. The number of anilines is 1. The number of rotatable bonds is 8. The molecular weight excluding hydrogens is 430 g/mol. The summed E-state index contributed by atoms with van der Waals surface area (Å²) in [5.74, 6) is -0.746. The second kappa shape index (κ2) is 9.14.